The topological polar surface area (TPSA) is 69.7 Å². The van der Waals surface area contributed by atoms with Crippen molar-refractivity contribution in [3.05, 3.63) is 65.2 Å². The maximum Gasteiger partial charge on any atom is 0.246 e. The number of hydrogen-bond donors (Lipinski definition) is 1. The predicted molar refractivity (Wildman–Crippen MR) is 116 cm³/mol. The highest BCUT2D eigenvalue weighted by Gasteiger charge is 2.33. The lowest BCUT2D eigenvalue weighted by molar-refractivity contribution is -0.122. The van der Waals surface area contributed by atoms with Gasteiger partial charge in [0.1, 0.15) is 6.04 Å². The van der Waals surface area contributed by atoms with Crippen molar-refractivity contribution in [3.8, 4) is 0 Å². The number of piperazine rings is 1. The minimum atomic E-state index is -3.21. The summed E-state index contributed by atoms with van der Waals surface area (Å²) in [6.07, 6.45) is 0. The highest BCUT2D eigenvalue weighted by Crippen LogP contribution is 2.25. The van der Waals surface area contributed by atoms with Gasteiger partial charge in [-0.25, -0.2) is 8.42 Å². The molecule has 0 radical (unpaired) electrons. The van der Waals surface area contributed by atoms with E-state index in [0.29, 0.717) is 26.2 Å². The fraction of sp³-hybridized carbons (Fsp3) is 0.409. The van der Waals surface area contributed by atoms with Crippen LogP contribution in [0.3, 0.4) is 0 Å². The third-order valence-corrected chi connectivity index (χ3v) is 7.13. The fourth-order valence-corrected chi connectivity index (χ4v) is 4.93. The molecule has 0 spiro atoms. The number of anilines is 1. The third-order valence-electron chi connectivity index (χ3n) is 5.25. The molecule has 29 heavy (non-hydrogen) atoms. The second kappa shape index (κ2) is 9.07. The van der Waals surface area contributed by atoms with Gasteiger partial charge in [0.05, 0.1) is 5.75 Å². The number of amides is 1. The summed E-state index contributed by atoms with van der Waals surface area (Å²) in [5, 5.41) is 3.06. The molecule has 7 heteroatoms. The fourth-order valence-electron chi connectivity index (χ4n) is 3.84. The summed E-state index contributed by atoms with van der Waals surface area (Å²) >= 11 is 0. The molecule has 6 nitrogen and oxygen atoms in total. The number of carbonyl (C=O) groups excluding carboxylic acids is 1. The summed E-state index contributed by atoms with van der Waals surface area (Å²) in [6.45, 7) is 7.49. The van der Waals surface area contributed by atoms with Crippen LogP contribution in [0.5, 0.6) is 0 Å². The maximum absolute atomic E-state index is 13.3. The summed E-state index contributed by atoms with van der Waals surface area (Å²) < 4.78 is 25.9. The van der Waals surface area contributed by atoms with Crippen molar-refractivity contribution in [2.24, 2.45) is 0 Å². The molecule has 1 heterocycles. The summed E-state index contributed by atoms with van der Waals surface area (Å²) in [7, 11) is -3.21. The van der Waals surface area contributed by atoms with E-state index in [1.165, 1.54) is 4.31 Å². The molecule has 1 N–H and O–H groups in total. The van der Waals surface area contributed by atoms with Gasteiger partial charge in [-0.3, -0.25) is 9.69 Å². The molecule has 2 aromatic rings. The van der Waals surface area contributed by atoms with E-state index >= 15 is 0 Å². The molecule has 3 rings (SSSR count). The Labute approximate surface area is 173 Å². The summed E-state index contributed by atoms with van der Waals surface area (Å²) in [4.78, 5) is 15.3. The van der Waals surface area contributed by atoms with Gasteiger partial charge in [0.25, 0.3) is 0 Å². The highest BCUT2D eigenvalue weighted by molar-refractivity contribution is 7.89. The van der Waals surface area contributed by atoms with Crippen LogP contribution in [0.2, 0.25) is 0 Å². The van der Waals surface area contributed by atoms with Crippen LogP contribution in [-0.2, 0) is 14.8 Å². The Kier molecular flexibility index (Phi) is 6.72. The van der Waals surface area contributed by atoms with Crippen LogP contribution in [0, 0.1) is 13.8 Å². The number of aryl methyl sites for hydroxylation is 2. The van der Waals surface area contributed by atoms with Crippen molar-refractivity contribution in [1.29, 1.82) is 0 Å². The third kappa shape index (κ3) is 5.23. The van der Waals surface area contributed by atoms with Crippen LogP contribution in [0.25, 0.3) is 0 Å². The number of benzene rings is 2. The van der Waals surface area contributed by atoms with E-state index in [2.05, 4.69) is 16.3 Å². The maximum atomic E-state index is 13.3. The lowest BCUT2D eigenvalue weighted by atomic mass is 10.0. The SMILES string of the molecule is CCS(=O)(=O)N1CCN(C(C(=O)Nc2cc(C)cc(C)c2)c2ccccc2)CC1. The van der Waals surface area contributed by atoms with Gasteiger partial charge in [-0.1, -0.05) is 36.4 Å². The number of sulfonamides is 1. The Morgan fingerprint density at radius 2 is 1.59 bits per heavy atom. The average Bonchev–Trinajstić information content (AvgIpc) is 2.68. The van der Waals surface area contributed by atoms with E-state index in [-0.39, 0.29) is 11.7 Å². The highest BCUT2D eigenvalue weighted by atomic mass is 32.2. The monoisotopic (exact) mass is 415 g/mol. The number of rotatable bonds is 6. The van der Waals surface area contributed by atoms with E-state index in [1.54, 1.807) is 6.92 Å². The van der Waals surface area contributed by atoms with Crippen LogP contribution in [0.15, 0.2) is 48.5 Å². The molecule has 1 fully saturated rings. The second-order valence-corrected chi connectivity index (χ2v) is 9.77. The lowest BCUT2D eigenvalue weighted by Crippen LogP contribution is -2.51. The van der Waals surface area contributed by atoms with Crippen molar-refractivity contribution in [2.45, 2.75) is 26.8 Å². The summed E-state index contributed by atoms with van der Waals surface area (Å²) in [5.74, 6) is -0.00419. The Hall–Kier alpha value is -2.22. The molecule has 1 atom stereocenters. The van der Waals surface area contributed by atoms with Gasteiger partial charge in [0.15, 0.2) is 0 Å². The van der Waals surface area contributed by atoms with Gasteiger partial charge in [0, 0.05) is 31.9 Å². The summed E-state index contributed by atoms with van der Waals surface area (Å²) in [5.41, 5.74) is 3.87. The first-order valence-corrected chi connectivity index (χ1v) is 11.6. The van der Waals surface area contributed by atoms with Gasteiger partial charge in [-0.2, -0.15) is 4.31 Å². The van der Waals surface area contributed by atoms with Crippen molar-refractivity contribution in [1.82, 2.24) is 9.21 Å². The molecule has 2 aromatic carbocycles. The Bertz CT molecular complexity index is 932. The molecular formula is C22H29N3O3S. The molecule has 0 aromatic heterocycles. The van der Waals surface area contributed by atoms with Gasteiger partial charge >= 0.3 is 0 Å². The number of nitrogens with one attached hydrogen (secondary N) is 1. The number of nitrogens with zero attached hydrogens (tertiary/aromatic N) is 2. The molecule has 0 aliphatic carbocycles. The van der Waals surface area contributed by atoms with Gasteiger partial charge in [0.2, 0.25) is 15.9 Å². The molecule has 1 aliphatic heterocycles. The second-order valence-electron chi connectivity index (χ2n) is 7.51. The molecule has 0 bridgehead atoms. The van der Waals surface area contributed by atoms with E-state index in [9.17, 15) is 13.2 Å². The molecule has 0 saturated carbocycles. The molecular weight excluding hydrogens is 386 g/mol. The van der Waals surface area contributed by atoms with Crippen molar-refractivity contribution in [2.75, 3.05) is 37.2 Å². The van der Waals surface area contributed by atoms with Crippen LogP contribution < -0.4 is 5.32 Å². The largest absolute Gasteiger partial charge is 0.324 e. The van der Waals surface area contributed by atoms with E-state index in [4.69, 9.17) is 0 Å². The van der Waals surface area contributed by atoms with E-state index < -0.39 is 16.1 Å². The smallest absolute Gasteiger partial charge is 0.246 e. The first-order chi connectivity index (χ1) is 13.8. The zero-order chi connectivity index (χ0) is 21.0. The first-order valence-electron chi connectivity index (χ1n) is 9.96. The quantitative estimate of drug-likeness (QED) is 0.788. The lowest BCUT2D eigenvalue weighted by Gasteiger charge is -2.38. The molecule has 1 unspecified atom stereocenters. The van der Waals surface area contributed by atoms with Gasteiger partial charge < -0.3 is 5.32 Å². The number of hydrogen-bond acceptors (Lipinski definition) is 4. The van der Waals surface area contributed by atoms with Crippen LogP contribution in [0.4, 0.5) is 5.69 Å². The summed E-state index contributed by atoms with van der Waals surface area (Å²) in [6, 6.07) is 15.2. The predicted octanol–water partition coefficient (Wildman–Crippen LogP) is 2.95. The number of carbonyl (C=O) groups is 1. The Morgan fingerprint density at radius 3 is 2.14 bits per heavy atom. The molecule has 1 saturated heterocycles. The first kappa shape index (κ1) is 21.5. The minimum Gasteiger partial charge on any atom is -0.324 e. The minimum absolute atomic E-state index is 0.0995. The zero-order valence-electron chi connectivity index (χ0n) is 17.3. The van der Waals surface area contributed by atoms with E-state index in [0.717, 1.165) is 22.4 Å². The standard InChI is InChI=1S/C22H29N3O3S/c1-4-29(27,28)25-12-10-24(11-13-25)21(19-8-6-5-7-9-19)22(26)23-20-15-17(2)14-18(3)16-20/h5-9,14-16,21H,4,10-13H2,1-3H3,(H,23,26). The Balaban J connectivity index is 1.82. The van der Waals surface area contributed by atoms with Crippen molar-refractivity contribution in [3.63, 3.8) is 0 Å². The molecule has 1 aliphatic rings. The van der Waals surface area contributed by atoms with Crippen molar-refractivity contribution < 1.29 is 13.2 Å². The van der Waals surface area contributed by atoms with Crippen LogP contribution >= 0.6 is 0 Å². The average molecular weight is 416 g/mol. The molecule has 156 valence electrons. The van der Waals surface area contributed by atoms with Crippen molar-refractivity contribution >= 4 is 21.6 Å². The van der Waals surface area contributed by atoms with Gasteiger partial charge in [-0.15, -0.1) is 0 Å². The Morgan fingerprint density at radius 1 is 1.00 bits per heavy atom. The van der Waals surface area contributed by atoms with Gasteiger partial charge in [-0.05, 0) is 49.6 Å². The molecule has 1 amide bonds. The van der Waals surface area contributed by atoms with Crippen LogP contribution in [-0.4, -0.2) is 55.5 Å². The zero-order valence-corrected chi connectivity index (χ0v) is 18.1. The van der Waals surface area contributed by atoms with E-state index in [1.807, 2.05) is 56.3 Å². The normalized spacial score (nSPS) is 17.1. The van der Waals surface area contributed by atoms with Crippen LogP contribution in [0.1, 0.15) is 29.7 Å².